The molecule has 0 atom stereocenters. The quantitative estimate of drug-likeness (QED) is 0.698. The van der Waals surface area contributed by atoms with Crippen LogP contribution < -0.4 is 5.73 Å². The molecule has 0 radical (unpaired) electrons. The summed E-state index contributed by atoms with van der Waals surface area (Å²) in [6.45, 7) is 0. The molecule has 0 aliphatic heterocycles. The summed E-state index contributed by atoms with van der Waals surface area (Å²) < 4.78 is 2.89. The summed E-state index contributed by atoms with van der Waals surface area (Å²) in [6, 6.07) is 13.8. The summed E-state index contributed by atoms with van der Waals surface area (Å²) in [4.78, 5) is 0. The van der Waals surface area contributed by atoms with Crippen molar-refractivity contribution in [1.29, 1.82) is 0 Å². The molecular weight excluding hydrogens is 278 g/mol. The Morgan fingerprint density at radius 2 is 1.94 bits per heavy atom. The average Bonchev–Trinajstić information content (AvgIpc) is 2.72. The van der Waals surface area contributed by atoms with E-state index in [0.717, 1.165) is 26.8 Å². The zero-order valence-electron chi connectivity index (χ0n) is 8.97. The summed E-state index contributed by atoms with van der Waals surface area (Å²) in [5.74, 6) is 0. The van der Waals surface area contributed by atoms with Gasteiger partial charge in [0.1, 0.15) is 0 Å². The monoisotopic (exact) mass is 287 g/mol. The lowest BCUT2D eigenvalue weighted by Crippen LogP contribution is -1.97. The van der Waals surface area contributed by atoms with Gasteiger partial charge in [-0.05, 0) is 46.3 Å². The Labute approximate surface area is 107 Å². The third kappa shape index (κ3) is 1.70. The van der Waals surface area contributed by atoms with Crippen molar-refractivity contribution in [3.63, 3.8) is 0 Å². The highest BCUT2D eigenvalue weighted by molar-refractivity contribution is 9.10. The summed E-state index contributed by atoms with van der Waals surface area (Å²) in [5, 5.41) is 5.48. The first kappa shape index (κ1) is 10.4. The maximum Gasteiger partial charge on any atom is 0.0794 e. The molecule has 4 heteroatoms. The van der Waals surface area contributed by atoms with Crippen LogP contribution in [0, 0.1) is 0 Å². The van der Waals surface area contributed by atoms with Crippen molar-refractivity contribution in [2.45, 2.75) is 0 Å². The Kier molecular flexibility index (Phi) is 2.37. The third-order valence-corrected chi connectivity index (χ3v) is 3.35. The van der Waals surface area contributed by atoms with Crippen molar-refractivity contribution >= 4 is 32.5 Å². The van der Waals surface area contributed by atoms with E-state index in [1.54, 1.807) is 0 Å². The van der Waals surface area contributed by atoms with Gasteiger partial charge in [-0.1, -0.05) is 12.1 Å². The van der Waals surface area contributed by atoms with Crippen LogP contribution in [0.4, 0.5) is 5.69 Å². The van der Waals surface area contributed by atoms with Gasteiger partial charge in [0.05, 0.1) is 17.4 Å². The van der Waals surface area contributed by atoms with Crippen molar-refractivity contribution in [3.8, 4) is 5.69 Å². The number of benzene rings is 2. The lowest BCUT2D eigenvalue weighted by atomic mass is 10.2. The van der Waals surface area contributed by atoms with Crippen molar-refractivity contribution < 1.29 is 0 Å². The van der Waals surface area contributed by atoms with Crippen LogP contribution in [-0.2, 0) is 0 Å². The van der Waals surface area contributed by atoms with Crippen LogP contribution in [0.15, 0.2) is 53.1 Å². The minimum absolute atomic E-state index is 0.742. The van der Waals surface area contributed by atoms with E-state index in [4.69, 9.17) is 5.73 Å². The third-order valence-electron chi connectivity index (χ3n) is 2.68. The second kappa shape index (κ2) is 3.89. The number of hydrogen-bond donors (Lipinski definition) is 1. The number of para-hydroxylation sites is 1. The van der Waals surface area contributed by atoms with Crippen LogP contribution in [0.3, 0.4) is 0 Å². The predicted molar refractivity (Wildman–Crippen MR) is 73.2 cm³/mol. The van der Waals surface area contributed by atoms with E-state index >= 15 is 0 Å². The topological polar surface area (TPSA) is 43.8 Å². The molecular formula is C13H10BrN3. The first-order valence-corrected chi connectivity index (χ1v) is 6.03. The molecule has 17 heavy (non-hydrogen) atoms. The summed E-state index contributed by atoms with van der Waals surface area (Å²) in [5.41, 5.74) is 8.58. The molecule has 0 aliphatic rings. The molecule has 0 unspecified atom stereocenters. The molecule has 0 saturated heterocycles. The minimum atomic E-state index is 0.742. The summed E-state index contributed by atoms with van der Waals surface area (Å²) in [7, 11) is 0. The number of rotatable bonds is 1. The highest BCUT2D eigenvalue weighted by Crippen LogP contribution is 2.25. The van der Waals surface area contributed by atoms with Gasteiger partial charge in [-0.15, -0.1) is 0 Å². The van der Waals surface area contributed by atoms with E-state index in [0.29, 0.717) is 0 Å². The second-order valence-electron chi connectivity index (χ2n) is 3.83. The SMILES string of the molecule is Nc1ccc2cnn(-c3ccccc3Br)c2c1. The van der Waals surface area contributed by atoms with E-state index < -0.39 is 0 Å². The lowest BCUT2D eigenvalue weighted by Gasteiger charge is -2.06. The number of hydrogen-bond acceptors (Lipinski definition) is 2. The number of nitrogen functional groups attached to an aromatic ring is 1. The number of aromatic nitrogens is 2. The zero-order chi connectivity index (χ0) is 11.8. The van der Waals surface area contributed by atoms with Crippen molar-refractivity contribution in [2.24, 2.45) is 0 Å². The smallest absolute Gasteiger partial charge is 0.0794 e. The Morgan fingerprint density at radius 1 is 1.12 bits per heavy atom. The van der Waals surface area contributed by atoms with Gasteiger partial charge in [0, 0.05) is 15.5 Å². The number of halogens is 1. The fourth-order valence-corrected chi connectivity index (χ4v) is 2.30. The normalized spacial score (nSPS) is 10.9. The lowest BCUT2D eigenvalue weighted by molar-refractivity contribution is 0.906. The van der Waals surface area contributed by atoms with Crippen molar-refractivity contribution in [2.75, 3.05) is 5.73 Å². The van der Waals surface area contributed by atoms with E-state index in [2.05, 4.69) is 21.0 Å². The van der Waals surface area contributed by atoms with Crippen LogP contribution in [0.1, 0.15) is 0 Å². The first-order chi connectivity index (χ1) is 8.25. The van der Waals surface area contributed by atoms with Crippen molar-refractivity contribution in [1.82, 2.24) is 9.78 Å². The minimum Gasteiger partial charge on any atom is -0.399 e. The van der Waals surface area contributed by atoms with E-state index in [1.165, 1.54) is 0 Å². The largest absolute Gasteiger partial charge is 0.399 e. The molecule has 2 N–H and O–H groups in total. The van der Waals surface area contributed by atoms with Crippen LogP contribution in [0.5, 0.6) is 0 Å². The fourth-order valence-electron chi connectivity index (χ4n) is 1.85. The zero-order valence-corrected chi connectivity index (χ0v) is 10.6. The maximum atomic E-state index is 5.82. The number of fused-ring (bicyclic) bond motifs is 1. The molecule has 2 aromatic carbocycles. The predicted octanol–water partition coefficient (Wildman–Crippen LogP) is 3.37. The van der Waals surface area contributed by atoms with Crippen LogP contribution in [-0.4, -0.2) is 9.78 Å². The van der Waals surface area contributed by atoms with Gasteiger partial charge in [-0.3, -0.25) is 0 Å². The van der Waals surface area contributed by atoms with Gasteiger partial charge in [0.15, 0.2) is 0 Å². The van der Waals surface area contributed by atoms with Gasteiger partial charge < -0.3 is 5.73 Å². The molecule has 3 nitrogen and oxygen atoms in total. The fraction of sp³-hybridized carbons (Fsp3) is 0. The van der Waals surface area contributed by atoms with Gasteiger partial charge >= 0.3 is 0 Å². The Hall–Kier alpha value is -1.81. The van der Waals surface area contributed by atoms with Gasteiger partial charge in [-0.2, -0.15) is 5.10 Å². The molecule has 3 rings (SSSR count). The molecule has 0 bridgehead atoms. The van der Waals surface area contributed by atoms with Crippen LogP contribution in [0.25, 0.3) is 16.6 Å². The molecule has 0 saturated carbocycles. The van der Waals surface area contributed by atoms with Crippen LogP contribution in [0.2, 0.25) is 0 Å². The first-order valence-electron chi connectivity index (χ1n) is 5.24. The molecule has 0 fully saturated rings. The molecule has 0 amide bonds. The molecule has 1 heterocycles. The number of nitrogens with two attached hydrogens (primary N) is 1. The van der Waals surface area contributed by atoms with E-state index in [-0.39, 0.29) is 0 Å². The maximum absolute atomic E-state index is 5.82. The average molecular weight is 288 g/mol. The molecule has 0 spiro atoms. The van der Waals surface area contributed by atoms with Crippen LogP contribution >= 0.6 is 15.9 Å². The number of nitrogens with zero attached hydrogens (tertiary/aromatic N) is 2. The van der Waals surface area contributed by atoms with E-state index in [9.17, 15) is 0 Å². The summed E-state index contributed by atoms with van der Waals surface area (Å²) in [6.07, 6.45) is 1.84. The van der Waals surface area contributed by atoms with Gasteiger partial charge in [0.2, 0.25) is 0 Å². The standard InChI is InChI=1S/C13H10BrN3/c14-11-3-1-2-4-12(11)17-13-7-10(15)6-5-9(13)8-16-17/h1-8H,15H2. The molecule has 3 aromatic rings. The highest BCUT2D eigenvalue weighted by Gasteiger charge is 2.07. The van der Waals surface area contributed by atoms with E-state index in [1.807, 2.05) is 53.3 Å². The van der Waals surface area contributed by atoms with Crippen molar-refractivity contribution in [3.05, 3.63) is 53.1 Å². The molecule has 0 aliphatic carbocycles. The van der Waals surface area contributed by atoms with Gasteiger partial charge in [0.25, 0.3) is 0 Å². The summed E-state index contributed by atoms with van der Waals surface area (Å²) >= 11 is 3.53. The highest BCUT2D eigenvalue weighted by atomic mass is 79.9. The molecule has 84 valence electrons. The Balaban J connectivity index is 2.31. The number of anilines is 1. The Bertz CT molecular complexity index is 688. The van der Waals surface area contributed by atoms with Gasteiger partial charge in [-0.25, -0.2) is 4.68 Å². The Morgan fingerprint density at radius 3 is 2.76 bits per heavy atom. The second-order valence-corrected chi connectivity index (χ2v) is 4.68. The molecule has 1 aromatic heterocycles.